The first-order valence-corrected chi connectivity index (χ1v) is 10.3. The zero-order valence-electron chi connectivity index (χ0n) is 18.3. The van der Waals surface area contributed by atoms with E-state index in [2.05, 4.69) is 15.6 Å². The summed E-state index contributed by atoms with van der Waals surface area (Å²) >= 11 is 0. The Morgan fingerprint density at radius 3 is 2.25 bits per heavy atom. The molecule has 32 heavy (non-hydrogen) atoms. The zero-order chi connectivity index (χ0) is 23.5. The Labute approximate surface area is 186 Å². The topological polar surface area (TPSA) is 134 Å². The Hall–Kier alpha value is -3.75. The number of benzene rings is 1. The van der Waals surface area contributed by atoms with E-state index in [0.29, 0.717) is 16.8 Å². The largest absolute Gasteiger partial charge is 0.398 e. The van der Waals surface area contributed by atoms with Crippen LogP contribution in [0, 0.1) is 17.3 Å². The number of aromatic nitrogens is 1. The van der Waals surface area contributed by atoms with Gasteiger partial charge >= 0.3 is 0 Å². The van der Waals surface area contributed by atoms with Crippen LogP contribution in [0.25, 0.3) is 0 Å². The Bertz CT molecular complexity index is 1040. The molecule has 0 aliphatic heterocycles. The number of nitrogen functional groups attached to an aromatic ring is 1. The number of rotatable bonds is 8. The zero-order valence-corrected chi connectivity index (χ0v) is 18.3. The van der Waals surface area contributed by atoms with Crippen molar-refractivity contribution >= 4 is 29.2 Å². The van der Waals surface area contributed by atoms with Gasteiger partial charge in [-0.3, -0.25) is 24.2 Å². The van der Waals surface area contributed by atoms with E-state index < -0.39 is 23.2 Å². The lowest BCUT2D eigenvalue weighted by Gasteiger charge is -2.14. The maximum atomic E-state index is 13.3. The quantitative estimate of drug-likeness (QED) is 0.317. The van der Waals surface area contributed by atoms with Crippen molar-refractivity contribution in [2.75, 3.05) is 32.9 Å². The lowest BCUT2D eigenvalue weighted by Crippen LogP contribution is -2.36. The molecule has 3 atom stereocenters. The second kappa shape index (κ2) is 9.17. The minimum Gasteiger partial charge on any atom is -0.398 e. The second-order valence-electron chi connectivity index (χ2n) is 8.17. The number of carbonyl (C=O) groups is 4. The molecular formula is C23H27N5O4. The predicted octanol–water partition coefficient (Wildman–Crippen LogP) is 0.733. The first kappa shape index (κ1) is 22.9. The molecule has 1 fully saturated rings. The maximum absolute atomic E-state index is 13.3. The van der Waals surface area contributed by atoms with Gasteiger partial charge in [-0.2, -0.15) is 0 Å². The number of hydrogen-bond donors (Lipinski definition) is 3. The fourth-order valence-corrected chi connectivity index (χ4v) is 3.97. The average Bonchev–Trinajstić information content (AvgIpc) is 3.43. The van der Waals surface area contributed by atoms with Gasteiger partial charge in [0.15, 0.2) is 5.78 Å². The molecule has 1 aliphatic rings. The van der Waals surface area contributed by atoms with Crippen LogP contribution < -0.4 is 16.4 Å². The van der Waals surface area contributed by atoms with Crippen molar-refractivity contribution in [3.8, 4) is 0 Å². The van der Waals surface area contributed by atoms with Gasteiger partial charge < -0.3 is 21.3 Å². The molecule has 9 heteroatoms. The SMILES string of the molecule is CN(C)C(=O)[C@H]1[C@@H](C(=O)NCCNC(=O)c2ccncc2)[C@@]1(C)C(=O)c1ccccc1N. The third kappa shape index (κ3) is 4.32. The molecule has 3 amide bonds. The van der Waals surface area contributed by atoms with E-state index in [0.717, 1.165) is 0 Å². The average molecular weight is 438 g/mol. The van der Waals surface area contributed by atoms with Gasteiger partial charge in [-0.15, -0.1) is 0 Å². The fourth-order valence-electron chi connectivity index (χ4n) is 3.97. The Balaban J connectivity index is 1.66. The number of para-hydroxylation sites is 1. The molecule has 1 heterocycles. The monoisotopic (exact) mass is 437 g/mol. The number of nitrogens with two attached hydrogens (primary N) is 1. The van der Waals surface area contributed by atoms with Crippen LogP contribution in [-0.2, 0) is 9.59 Å². The molecule has 0 radical (unpaired) electrons. The van der Waals surface area contributed by atoms with Crippen LogP contribution in [0.1, 0.15) is 27.6 Å². The Kier molecular flexibility index (Phi) is 6.57. The number of nitrogens with zero attached hydrogens (tertiary/aromatic N) is 2. The molecule has 1 saturated carbocycles. The number of anilines is 1. The number of amides is 3. The van der Waals surface area contributed by atoms with Crippen LogP contribution in [-0.4, -0.2) is 60.6 Å². The van der Waals surface area contributed by atoms with Crippen LogP contribution in [0.15, 0.2) is 48.8 Å². The van der Waals surface area contributed by atoms with Gasteiger partial charge in [-0.05, 0) is 24.3 Å². The summed E-state index contributed by atoms with van der Waals surface area (Å²) < 4.78 is 0. The second-order valence-corrected chi connectivity index (χ2v) is 8.17. The molecule has 4 N–H and O–H groups in total. The van der Waals surface area contributed by atoms with Gasteiger partial charge in [0.05, 0.1) is 17.3 Å². The summed E-state index contributed by atoms with van der Waals surface area (Å²) in [6.45, 7) is 1.98. The highest BCUT2D eigenvalue weighted by molar-refractivity contribution is 6.13. The number of pyridine rings is 1. The van der Waals surface area contributed by atoms with Crippen molar-refractivity contribution in [3.63, 3.8) is 0 Å². The molecule has 9 nitrogen and oxygen atoms in total. The lowest BCUT2D eigenvalue weighted by molar-refractivity contribution is -0.132. The predicted molar refractivity (Wildman–Crippen MR) is 119 cm³/mol. The van der Waals surface area contributed by atoms with Gasteiger partial charge in [-0.25, -0.2) is 0 Å². The van der Waals surface area contributed by atoms with E-state index in [1.54, 1.807) is 57.4 Å². The van der Waals surface area contributed by atoms with Crippen LogP contribution >= 0.6 is 0 Å². The van der Waals surface area contributed by atoms with Gasteiger partial charge in [0.1, 0.15) is 0 Å². The van der Waals surface area contributed by atoms with Crippen molar-refractivity contribution in [3.05, 3.63) is 59.9 Å². The molecule has 168 valence electrons. The summed E-state index contributed by atoms with van der Waals surface area (Å²) in [5, 5.41) is 5.43. The summed E-state index contributed by atoms with van der Waals surface area (Å²) in [6.07, 6.45) is 3.03. The third-order valence-electron chi connectivity index (χ3n) is 5.85. The van der Waals surface area contributed by atoms with E-state index in [1.165, 1.54) is 17.3 Å². The summed E-state index contributed by atoms with van der Waals surface area (Å²) in [7, 11) is 3.18. The Morgan fingerprint density at radius 2 is 1.62 bits per heavy atom. The maximum Gasteiger partial charge on any atom is 0.251 e. The molecule has 0 unspecified atom stereocenters. The minimum absolute atomic E-state index is 0.160. The molecule has 1 aromatic heterocycles. The minimum atomic E-state index is -1.19. The molecule has 2 aromatic rings. The molecular weight excluding hydrogens is 410 g/mol. The molecule has 1 aliphatic carbocycles. The van der Waals surface area contributed by atoms with Gasteiger partial charge in [0, 0.05) is 56.4 Å². The fraction of sp³-hybridized carbons (Fsp3) is 0.348. The third-order valence-corrected chi connectivity index (χ3v) is 5.85. The van der Waals surface area contributed by atoms with E-state index in [9.17, 15) is 19.2 Å². The van der Waals surface area contributed by atoms with Crippen molar-refractivity contribution in [2.45, 2.75) is 6.92 Å². The van der Waals surface area contributed by atoms with Crippen LogP contribution in [0.4, 0.5) is 5.69 Å². The molecule has 0 saturated heterocycles. The summed E-state index contributed by atoms with van der Waals surface area (Å²) in [5.74, 6) is -2.91. The highest BCUT2D eigenvalue weighted by atomic mass is 16.2. The van der Waals surface area contributed by atoms with Crippen molar-refractivity contribution in [1.82, 2.24) is 20.5 Å². The van der Waals surface area contributed by atoms with Gasteiger partial charge in [0.2, 0.25) is 11.8 Å². The molecule has 0 spiro atoms. The van der Waals surface area contributed by atoms with Crippen molar-refractivity contribution in [1.29, 1.82) is 0 Å². The first-order valence-electron chi connectivity index (χ1n) is 10.3. The number of Topliss-reactive ketones (excluding diaryl/α,β-unsaturated/α-hetero) is 1. The molecule has 0 bridgehead atoms. The number of nitrogens with one attached hydrogen (secondary N) is 2. The molecule has 1 aromatic carbocycles. The normalized spacial score (nSPS) is 21.3. The van der Waals surface area contributed by atoms with Crippen LogP contribution in [0.3, 0.4) is 0 Å². The number of hydrogen-bond acceptors (Lipinski definition) is 6. The van der Waals surface area contributed by atoms with E-state index in [1.807, 2.05) is 0 Å². The van der Waals surface area contributed by atoms with Crippen molar-refractivity contribution < 1.29 is 19.2 Å². The highest BCUT2D eigenvalue weighted by Crippen LogP contribution is 2.61. The highest BCUT2D eigenvalue weighted by Gasteiger charge is 2.72. The van der Waals surface area contributed by atoms with E-state index in [4.69, 9.17) is 5.73 Å². The standard InChI is InChI=1S/C23H27N5O4/c1-23(19(29)15-6-4-5-7-16(15)24)17(18(23)22(32)28(2)3)21(31)27-13-12-26-20(30)14-8-10-25-11-9-14/h4-11,17-18H,12-13,24H2,1-3H3,(H,26,30)(H,27,31)/t17-,18+,23+/m0/s1. The summed E-state index contributed by atoms with van der Waals surface area (Å²) in [5.41, 5.74) is 5.83. The van der Waals surface area contributed by atoms with Crippen LogP contribution in [0.2, 0.25) is 0 Å². The Morgan fingerprint density at radius 1 is 1.00 bits per heavy atom. The van der Waals surface area contributed by atoms with E-state index >= 15 is 0 Å². The van der Waals surface area contributed by atoms with E-state index in [-0.39, 0.29) is 30.7 Å². The number of carbonyl (C=O) groups excluding carboxylic acids is 4. The summed E-state index contributed by atoms with van der Waals surface area (Å²) in [4.78, 5) is 56.2. The van der Waals surface area contributed by atoms with Gasteiger partial charge in [0.25, 0.3) is 5.91 Å². The summed E-state index contributed by atoms with van der Waals surface area (Å²) in [6, 6.07) is 9.79. The lowest BCUT2D eigenvalue weighted by atomic mass is 9.91. The first-order chi connectivity index (χ1) is 15.2. The van der Waals surface area contributed by atoms with Gasteiger partial charge in [-0.1, -0.05) is 19.1 Å². The smallest absolute Gasteiger partial charge is 0.251 e. The van der Waals surface area contributed by atoms with Crippen molar-refractivity contribution in [2.24, 2.45) is 17.3 Å². The van der Waals surface area contributed by atoms with Crippen LogP contribution in [0.5, 0.6) is 0 Å². The molecule has 3 rings (SSSR count). The number of ketones is 1.